The van der Waals surface area contributed by atoms with Crippen molar-refractivity contribution in [2.75, 3.05) is 19.1 Å². The van der Waals surface area contributed by atoms with Crippen molar-refractivity contribution in [3.8, 4) is 17.2 Å². The van der Waals surface area contributed by atoms with Crippen LogP contribution in [-0.4, -0.2) is 46.3 Å². The van der Waals surface area contributed by atoms with Crippen LogP contribution >= 0.6 is 39.0 Å². The SMILES string of the molecule is COc1cc(C2C(C(=O)c3cc4cccc(OC)c4o3)=C(O)C(=O)N2c2nnc(SCc3ccc(C)cc3)s2)cc(Br)c1O. The number of halogens is 1. The molecule has 3 heterocycles. The van der Waals surface area contributed by atoms with Gasteiger partial charge in [0.2, 0.25) is 10.9 Å². The maximum atomic E-state index is 14.1. The van der Waals surface area contributed by atoms with E-state index in [9.17, 15) is 19.8 Å². The molecular formula is C31H24BrN3O7S2. The Morgan fingerprint density at radius 1 is 1.07 bits per heavy atom. The first kappa shape index (κ1) is 29.7. The van der Waals surface area contributed by atoms with Gasteiger partial charge in [0.05, 0.1) is 30.3 Å². The summed E-state index contributed by atoms with van der Waals surface area (Å²) in [5, 5.41) is 31.0. The van der Waals surface area contributed by atoms with Crippen LogP contribution in [0.5, 0.6) is 17.2 Å². The van der Waals surface area contributed by atoms with Gasteiger partial charge in [-0.3, -0.25) is 14.5 Å². The summed E-state index contributed by atoms with van der Waals surface area (Å²) in [4.78, 5) is 29.0. The summed E-state index contributed by atoms with van der Waals surface area (Å²) in [7, 11) is 2.87. The number of aromatic hydroxyl groups is 1. The highest BCUT2D eigenvalue weighted by Gasteiger charge is 2.47. The lowest BCUT2D eigenvalue weighted by atomic mass is 9.95. The number of aliphatic hydroxyl groups excluding tert-OH is 1. The first-order valence-electron chi connectivity index (χ1n) is 13.2. The fraction of sp³-hybridized carbons (Fsp3) is 0.161. The number of carbonyl (C=O) groups is 2. The number of ketones is 1. The number of benzene rings is 3. The minimum Gasteiger partial charge on any atom is -0.503 e. The van der Waals surface area contributed by atoms with Gasteiger partial charge < -0.3 is 24.1 Å². The number of methoxy groups -OCH3 is 2. The Hall–Kier alpha value is -4.33. The number of thioether (sulfide) groups is 1. The second kappa shape index (κ2) is 12.0. The molecule has 1 atom stereocenters. The Bertz CT molecular complexity index is 1950. The average Bonchev–Trinajstić information content (AvgIpc) is 3.74. The topological polar surface area (TPSA) is 135 Å². The quantitative estimate of drug-likeness (QED) is 0.0930. The molecule has 0 saturated carbocycles. The van der Waals surface area contributed by atoms with Gasteiger partial charge in [-0.2, -0.15) is 0 Å². The number of phenolic OH excluding ortho intramolecular Hbond substituents is 1. The maximum absolute atomic E-state index is 14.1. The Labute approximate surface area is 268 Å². The third kappa shape index (κ3) is 5.31. The molecule has 0 aliphatic carbocycles. The molecular weight excluding hydrogens is 670 g/mol. The van der Waals surface area contributed by atoms with Gasteiger partial charge in [-0.25, -0.2) is 0 Å². The molecule has 1 aliphatic rings. The number of ether oxygens (including phenoxy) is 2. The number of Topliss-reactive ketones (excluding diaryl/α,β-unsaturated/α-hetero) is 1. The number of hydrogen-bond acceptors (Lipinski definition) is 11. The maximum Gasteiger partial charge on any atom is 0.296 e. The second-order valence-electron chi connectivity index (χ2n) is 9.84. The van der Waals surface area contributed by atoms with Gasteiger partial charge in [0.1, 0.15) is 0 Å². The molecule has 2 N–H and O–H groups in total. The number of amides is 1. The van der Waals surface area contributed by atoms with Crippen molar-refractivity contribution in [1.29, 1.82) is 0 Å². The predicted molar refractivity (Wildman–Crippen MR) is 170 cm³/mol. The Balaban J connectivity index is 1.41. The second-order valence-corrected chi connectivity index (χ2v) is 12.9. The predicted octanol–water partition coefficient (Wildman–Crippen LogP) is 7.15. The van der Waals surface area contributed by atoms with Crippen molar-refractivity contribution >= 4 is 66.8 Å². The molecule has 6 rings (SSSR count). The van der Waals surface area contributed by atoms with Crippen LogP contribution in [0.25, 0.3) is 11.0 Å². The molecule has 1 unspecified atom stereocenters. The van der Waals surface area contributed by atoms with Crippen LogP contribution in [0.4, 0.5) is 5.13 Å². The Kier molecular flexibility index (Phi) is 8.10. The first-order valence-corrected chi connectivity index (χ1v) is 15.8. The molecule has 5 aromatic rings. The summed E-state index contributed by atoms with van der Waals surface area (Å²) >= 11 is 5.94. The van der Waals surface area contributed by atoms with Gasteiger partial charge in [0.25, 0.3) is 5.91 Å². The van der Waals surface area contributed by atoms with Crippen molar-refractivity contribution in [1.82, 2.24) is 10.2 Å². The van der Waals surface area contributed by atoms with Crippen LogP contribution in [0.2, 0.25) is 0 Å². The van der Waals surface area contributed by atoms with E-state index in [-0.39, 0.29) is 32.4 Å². The van der Waals surface area contributed by atoms with E-state index in [4.69, 9.17) is 13.9 Å². The van der Waals surface area contributed by atoms with Crippen LogP contribution in [-0.2, 0) is 10.5 Å². The van der Waals surface area contributed by atoms with Crippen LogP contribution in [0.1, 0.15) is 33.3 Å². The summed E-state index contributed by atoms with van der Waals surface area (Å²) in [5.41, 5.74) is 2.75. The standard InChI is InChI=1S/C31H24BrN3O7S2/c1-15-7-9-16(10-8-15)14-43-31-34-33-30(44-31)35-24(18-11-19(32)25(36)21(13-18)41-3)23(27(38)29(35)39)26(37)22-12-17-5-4-6-20(40-2)28(17)42-22/h4-13,24,36,38H,14H2,1-3H3. The van der Waals surface area contributed by atoms with E-state index in [2.05, 4.69) is 26.1 Å². The van der Waals surface area contributed by atoms with E-state index >= 15 is 0 Å². The summed E-state index contributed by atoms with van der Waals surface area (Å²) in [6, 6.07) is 16.8. The third-order valence-corrected chi connectivity index (χ3v) is 9.81. The summed E-state index contributed by atoms with van der Waals surface area (Å²) in [6.45, 7) is 2.02. The smallest absolute Gasteiger partial charge is 0.296 e. The number of phenols is 1. The minimum atomic E-state index is -1.15. The van der Waals surface area contributed by atoms with Crippen molar-refractivity contribution in [2.24, 2.45) is 0 Å². The number of carbonyl (C=O) groups excluding carboxylic acids is 2. The highest BCUT2D eigenvalue weighted by Crippen LogP contribution is 2.47. The number of aliphatic hydroxyl groups is 1. The zero-order chi connectivity index (χ0) is 31.1. The monoisotopic (exact) mass is 693 g/mol. The number of aryl methyl sites for hydroxylation is 1. The van der Waals surface area contributed by atoms with E-state index < -0.39 is 23.5 Å². The van der Waals surface area contributed by atoms with E-state index in [1.54, 1.807) is 24.3 Å². The fourth-order valence-electron chi connectivity index (χ4n) is 4.89. The number of furan rings is 1. The summed E-state index contributed by atoms with van der Waals surface area (Å²) < 4.78 is 17.5. The van der Waals surface area contributed by atoms with Crippen LogP contribution in [0.3, 0.4) is 0 Å². The molecule has 3 aromatic carbocycles. The fourth-order valence-corrected chi connectivity index (χ4v) is 7.17. The van der Waals surface area contributed by atoms with Crippen LogP contribution in [0.15, 0.2) is 85.2 Å². The third-order valence-electron chi connectivity index (χ3n) is 7.08. The Morgan fingerprint density at radius 2 is 1.82 bits per heavy atom. The molecule has 0 fully saturated rings. The first-order chi connectivity index (χ1) is 21.2. The largest absolute Gasteiger partial charge is 0.503 e. The lowest BCUT2D eigenvalue weighted by molar-refractivity contribution is -0.117. The van der Waals surface area contributed by atoms with E-state index in [1.165, 1.54) is 43.0 Å². The molecule has 13 heteroatoms. The average molecular weight is 695 g/mol. The summed E-state index contributed by atoms with van der Waals surface area (Å²) in [6.07, 6.45) is 0. The van der Waals surface area contributed by atoms with Gasteiger partial charge >= 0.3 is 0 Å². The number of nitrogens with zero attached hydrogens (tertiary/aromatic N) is 3. The molecule has 0 radical (unpaired) electrons. The molecule has 2 aromatic heterocycles. The molecule has 1 amide bonds. The minimum absolute atomic E-state index is 0.0953. The summed E-state index contributed by atoms with van der Waals surface area (Å²) in [5.74, 6) is -1.39. The molecule has 0 bridgehead atoms. The number of aromatic nitrogens is 2. The number of para-hydroxylation sites is 1. The van der Waals surface area contributed by atoms with Crippen molar-refractivity contribution in [3.05, 3.63) is 98.9 Å². The van der Waals surface area contributed by atoms with Crippen molar-refractivity contribution < 1.29 is 33.7 Å². The number of fused-ring (bicyclic) bond motifs is 1. The van der Waals surface area contributed by atoms with Gasteiger partial charge in [-0.15, -0.1) is 10.2 Å². The van der Waals surface area contributed by atoms with E-state index in [0.717, 1.165) is 22.5 Å². The zero-order valence-corrected chi connectivity index (χ0v) is 26.7. The van der Waals surface area contributed by atoms with Gasteiger partial charge in [0.15, 0.2) is 38.7 Å². The molecule has 10 nitrogen and oxygen atoms in total. The Morgan fingerprint density at radius 3 is 2.55 bits per heavy atom. The van der Waals surface area contributed by atoms with Gasteiger partial charge in [-0.1, -0.05) is 65.1 Å². The number of anilines is 1. The number of hydrogen-bond donors (Lipinski definition) is 2. The molecule has 0 spiro atoms. The van der Waals surface area contributed by atoms with E-state index in [0.29, 0.717) is 32.4 Å². The molecule has 0 saturated heterocycles. The zero-order valence-electron chi connectivity index (χ0n) is 23.5. The van der Waals surface area contributed by atoms with Crippen molar-refractivity contribution in [2.45, 2.75) is 23.1 Å². The van der Waals surface area contributed by atoms with E-state index in [1.807, 2.05) is 31.2 Å². The highest BCUT2D eigenvalue weighted by molar-refractivity contribution is 9.10. The van der Waals surface area contributed by atoms with Crippen molar-refractivity contribution in [3.63, 3.8) is 0 Å². The van der Waals surface area contributed by atoms with Gasteiger partial charge in [-0.05, 0) is 58.2 Å². The lowest BCUT2D eigenvalue weighted by Crippen LogP contribution is -2.31. The molecule has 1 aliphatic heterocycles. The molecule has 224 valence electrons. The van der Waals surface area contributed by atoms with Gasteiger partial charge in [0, 0.05) is 11.1 Å². The highest BCUT2D eigenvalue weighted by atomic mass is 79.9. The molecule has 44 heavy (non-hydrogen) atoms. The van der Waals surface area contributed by atoms with Crippen LogP contribution in [0, 0.1) is 6.92 Å². The van der Waals surface area contributed by atoms with Crippen LogP contribution < -0.4 is 14.4 Å². The number of rotatable bonds is 9. The normalized spacial score (nSPS) is 15.0. The lowest BCUT2D eigenvalue weighted by Gasteiger charge is -2.24.